The molecule has 5 aromatic rings. The normalized spacial score (nSPS) is 10.9. The zero-order valence-electron chi connectivity index (χ0n) is 35.8. The number of ether oxygens (including phenoxy) is 4. The molecular weight excluding hydrogens is 867 g/mol. The van der Waals surface area contributed by atoms with E-state index in [0.717, 1.165) is 28.3 Å². The molecule has 0 unspecified atom stereocenters. The fraction of sp³-hybridized carbons (Fsp3) is 0.375. The maximum atomic E-state index is 14.2. The van der Waals surface area contributed by atoms with Gasteiger partial charge in [-0.15, -0.1) is 0 Å². The number of nitrogens with zero attached hydrogens (tertiary/aromatic N) is 3. The SMILES string of the molecule is CCCCCCCCCCCCCCCc1cccc(OCCOC(=O)NN(c2ccccc2)c2cc(=O)n(-c3c(Cl)cc(Cl)cc3Cl)n2C(=O)Oc2ccc(C(=O)OC)cc2)c1. The van der Waals surface area contributed by atoms with Crippen molar-refractivity contribution in [3.63, 3.8) is 0 Å². The minimum absolute atomic E-state index is 0.0170. The molecule has 15 heteroatoms. The first-order valence-corrected chi connectivity index (χ1v) is 22.6. The van der Waals surface area contributed by atoms with Gasteiger partial charge in [-0.3, -0.25) is 4.79 Å². The molecule has 0 saturated carbocycles. The van der Waals surface area contributed by atoms with Crippen LogP contribution in [0.25, 0.3) is 5.69 Å². The highest BCUT2D eigenvalue weighted by atomic mass is 35.5. The second-order valence-corrected chi connectivity index (χ2v) is 16.2. The molecule has 0 bridgehead atoms. The number of aryl methyl sites for hydroxylation is 1. The van der Waals surface area contributed by atoms with Gasteiger partial charge in [-0.05, 0) is 79.1 Å². The number of halogens is 3. The van der Waals surface area contributed by atoms with E-state index in [1.807, 2.05) is 18.2 Å². The highest BCUT2D eigenvalue weighted by molar-refractivity contribution is 6.40. The van der Waals surface area contributed by atoms with Gasteiger partial charge < -0.3 is 18.9 Å². The lowest BCUT2D eigenvalue weighted by molar-refractivity contribution is 0.0600. The number of esters is 1. The maximum absolute atomic E-state index is 14.2. The lowest BCUT2D eigenvalue weighted by Crippen LogP contribution is -2.42. The van der Waals surface area contributed by atoms with Crippen LogP contribution < -0.4 is 25.5 Å². The number of benzene rings is 4. The lowest BCUT2D eigenvalue weighted by Gasteiger charge is -2.26. The summed E-state index contributed by atoms with van der Waals surface area (Å²) in [6.45, 7) is 2.20. The van der Waals surface area contributed by atoms with Gasteiger partial charge in [0.15, 0.2) is 5.82 Å². The Morgan fingerprint density at radius 2 is 1.30 bits per heavy atom. The first-order chi connectivity index (χ1) is 30.6. The Kier molecular flexibility index (Phi) is 19.8. The van der Waals surface area contributed by atoms with E-state index < -0.39 is 23.7 Å². The predicted octanol–water partition coefficient (Wildman–Crippen LogP) is 12.9. The van der Waals surface area contributed by atoms with Crippen LogP contribution in [0.2, 0.25) is 15.1 Å². The molecule has 63 heavy (non-hydrogen) atoms. The molecule has 12 nitrogen and oxygen atoms in total. The molecule has 0 fully saturated rings. The molecule has 5 rings (SSSR count). The third-order valence-corrected chi connectivity index (χ3v) is 11.0. The van der Waals surface area contributed by atoms with Crippen LogP contribution in [-0.2, 0) is 15.9 Å². The third-order valence-electron chi connectivity index (χ3n) is 10.2. The maximum Gasteiger partial charge on any atom is 0.440 e. The summed E-state index contributed by atoms with van der Waals surface area (Å²) in [5.74, 6) is -0.0872. The molecular formula is C48H55Cl3N4O8. The Balaban J connectivity index is 1.22. The van der Waals surface area contributed by atoms with Crippen molar-refractivity contribution in [1.82, 2.24) is 14.8 Å². The van der Waals surface area contributed by atoms with Gasteiger partial charge in [0.2, 0.25) is 0 Å². The molecule has 0 radical (unpaired) electrons. The van der Waals surface area contributed by atoms with Gasteiger partial charge in [-0.25, -0.2) is 29.5 Å². The summed E-state index contributed by atoms with van der Waals surface area (Å²) in [6, 6.07) is 25.7. The minimum Gasteiger partial charge on any atom is -0.490 e. The number of hydrogen-bond donors (Lipinski definition) is 1. The van der Waals surface area contributed by atoms with Crippen molar-refractivity contribution in [2.24, 2.45) is 0 Å². The average molecular weight is 922 g/mol. The summed E-state index contributed by atoms with van der Waals surface area (Å²) < 4.78 is 23.6. The van der Waals surface area contributed by atoms with Crippen LogP contribution in [0.4, 0.5) is 21.1 Å². The van der Waals surface area contributed by atoms with Crippen LogP contribution in [0.3, 0.4) is 0 Å². The van der Waals surface area contributed by atoms with E-state index in [4.69, 9.17) is 53.8 Å². The van der Waals surface area contributed by atoms with E-state index in [0.29, 0.717) is 11.4 Å². The van der Waals surface area contributed by atoms with Crippen molar-refractivity contribution >= 4 is 64.5 Å². The largest absolute Gasteiger partial charge is 0.490 e. The second kappa shape index (κ2) is 25.6. The van der Waals surface area contributed by atoms with Gasteiger partial charge in [-0.1, -0.05) is 149 Å². The number of hydrazine groups is 1. The van der Waals surface area contributed by atoms with Gasteiger partial charge in [0, 0.05) is 5.02 Å². The molecule has 336 valence electrons. The Labute approximate surface area is 383 Å². The van der Waals surface area contributed by atoms with E-state index >= 15 is 0 Å². The smallest absolute Gasteiger partial charge is 0.440 e. The Bertz CT molecular complexity index is 2280. The van der Waals surface area contributed by atoms with E-state index in [2.05, 4.69) is 18.4 Å². The minimum atomic E-state index is -1.11. The standard InChI is InChI=1S/C48H55Cl3N4O8/c1-3-4-5-6-7-8-9-10-11-12-13-14-16-20-35-21-19-24-40(31-35)61-29-30-62-47(58)52-53(38-22-17-15-18-23-38)43-34-44(56)55(45-41(50)32-37(49)33-42(45)51)54(43)48(59)63-39-27-25-36(26-28-39)46(57)60-2/h15,17-19,21-28,31-34H,3-14,16,20,29-30H2,1-2H3,(H,52,58). The van der Waals surface area contributed by atoms with Crippen LogP contribution in [0, 0.1) is 0 Å². The Hall–Kier alpha value is -5.43. The summed E-state index contributed by atoms with van der Waals surface area (Å²) in [5.41, 5.74) is 3.51. The van der Waals surface area contributed by atoms with Crippen molar-refractivity contribution in [2.75, 3.05) is 25.3 Å². The van der Waals surface area contributed by atoms with Crippen molar-refractivity contribution in [3.05, 3.63) is 134 Å². The van der Waals surface area contributed by atoms with Crippen LogP contribution in [-0.4, -0.2) is 47.8 Å². The zero-order valence-corrected chi connectivity index (χ0v) is 38.1. The van der Waals surface area contributed by atoms with Gasteiger partial charge in [0.05, 0.1) is 34.5 Å². The molecule has 0 saturated heterocycles. The van der Waals surface area contributed by atoms with E-state index in [-0.39, 0.29) is 51.1 Å². The number of nitrogens with one attached hydrogen (secondary N) is 1. The highest BCUT2D eigenvalue weighted by Gasteiger charge is 2.29. The molecule has 1 N–H and O–H groups in total. The summed E-state index contributed by atoms with van der Waals surface area (Å²) in [4.78, 5) is 53.5. The monoisotopic (exact) mass is 920 g/mol. The number of amides is 1. The van der Waals surface area contributed by atoms with Crippen molar-refractivity contribution in [3.8, 4) is 17.2 Å². The van der Waals surface area contributed by atoms with E-state index in [1.54, 1.807) is 30.3 Å². The first-order valence-electron chi connectivity index (χ1n) is 21.5. The molecule has 0 spiro atoms. The molecule has 0 aliphatic carbocycles. The number of anilines is 2. The lowest BCUT2D eigenvalue weighted by atomic mass is 10.0. The summed E-state index contributed by atoms with van der Waals surface area (Å²) >= 11 is 19.3. The number of unbranched alkanes of at least 4 members (excludes halogenated alkanes) is 12. The van der Waals surface area contributed by atoms with Crippen LogP contribution >= 0.6 is 34.8 Å². The van der Waals surface area contributed by atoms with Gasteiger partial charge in [0.1, 0.15) is 30.4 Å². The predicted molar refractivity (Wildman–Crippen MR) is 249 cm³/mol. The molecule has 0 atom stereocenters. The third kappa shape index (κ3) is 14.8. The van der Waals surface area contributed by atoms with Gasteiger partial charge >= 0.3 is 18.2 Å². The highest BCUT2D eigenvalue weighted by Crippen LogP contribution is 2.34. The van der Waals surface area contributed by atoms with E-state index in [9.17, 15) is 19.2 Å². The average Bonchev–Trinajstić information content (AvgIpc) is 3.61. The number of carbonyl (C=O) groups excluding carboxylic acids is 3. The topological polar surface area (TPSA) is 130 Å². The van der Waals surface area contributed by atoms with Gasteiger partial charge in [0.25, 0.3) is 5.56 Å². The number of rotatable bonds is 24. The number of methoxy groups -OCH3 is 1. The Morgan fingerprint density at radius 3 is 1.92 bits per heavy atom. The fourth-order valence-electron chi connectivity index (χ4n) is 7.02. The van der Waals surface area contributed by atoms with Gasteiger partial charge in [-0.2, -0.15) is 4.68 Å². The number of aromatic nitrogens is 2. The molecule has 0 aliphatic rings. The second-order valence-electron chi connectivity index (χ2n) is 15.0. The first kappa shape index (κ1) is 48.6. The molecule has 1 heterocycles. The summed E-state index contributed by atoms with van der Waals surface area (Å²) in [7, 11) is 1.24. The number of para-hydroxylation sites is 1. The number of carbonyl (C=O) groups is 3. The molecule has 0 aliphatic heterocycles. The quantitative estimate of drug-likeness (QED) is 0.0365. The van der Waals surface area contributed by atoms with Crippen LogP contribution in [0.5, 0.6) is 11.5 Å². The van der Waals surface area contributed by atoms with Crippen molar-refractivity contribution < 1.29 is 33.3 Å². The molecule has 1 amide bonds. The fourth-order valence-corrected chi connectivity index (χ4v) is 8.00. The van der Waals surface area contributed by atoms with Crippen molar-refractivity contribution in [1.29, 1.82) is 0 Å². The molecule has 4 aromatic carbocycles. The Morgan fingerprint density at radius 1 is 0.683 bits per heavy atom. The summed E-state index contributed by atoms with van der Waals surface area (Å²) in [6.07, 6.45) is 16.0. The van der Waals surface area contributed by atoms with Crippen LogP contribution in [0.1, 0.15) is 106 Å². The van der Waals surface area contributed by atoms with Crippen molar-refractivity contribution in [2.45, 2.75) is 96.8 Å². The van der Waals surface area contributed by atoms with E-state index in [1.165, 1.54) is 131 Å². The summed E-state index contributed by atoms with van der Waals surface area (Å²) in [5, 5.41) is 1.25. The van der Waals surface area contributed by atoms with Crippen LogP contribution in [0.15, 0.2) is 102 Å². The zero-order chi connectivity index (χ0) is 45.0. The number of hydrogen-bond acceptors (Lipinski definition) is 9. The molecule has 1 aromatic heterocycles.